The summed E-state index contributed by atoms with van der Waals surface area (Å²) in [5, 5.41) is 9.38. The van der Waals surface area contributed by atoms with Crippen LogP contribution in [-0.2, 0) is 5.41 Å². The highest BCUT2D eigenvalue weighted by molar-refractivity contribution is 8.00. The highest BCUT2D eigenvalue weighted by Crippen LogP contribution is 2.40. The summed E-state index contributed by atoms with van der Waals surface area (Å²) in [6, 6.07) is 12.7. The first-order chi connectivity index (χ1) is 13.7. The average molecular weight is 431 g/mol. The number of carbonyl (C=O) groups excluding carboxylic acids is 1. The summed E-state index contributed by atoms with van der Waals surface area (Å²) < 4.78 is 15.2. The number of thioether (sulfide) groups is 1. The fourth-order valence-corrected chi connectivity index (χ4v) is 4.52. The van der Waals surface area contributed by atoms with Gasteiger partial charge in [-0.15, -0.1) is 10.2 Å². The monoisotopic (exact) mass is 430 g/mol. The predicted molar refractivity (Wildman–Crippen MR) is 113 cm³/mol. The first-order valence-corrected chi connectivity index (χ1v) is 10.4. The lowest BCUT2D eigenvalue weighted by atomic mass is 9.95. The highest BCUT2D eigenvalue weighted by Gasteiger charge is 2.39. The van der Waals surface area contributed by atoms with E-state index in [9.17, 15) is 9.18 Å². The van der Waals surface area contributed by atoms with Crippen molar-refractivity contribution in [2.45, 2.75) is 42.6 Å². The van der Waals surface area contributed by atoms with Gasteiger partial charge >= 0.3 is 0 Å². The molecule has 0 saturated carbocycles. The summed E-state index contributed by atoms with van der Waals surface area (Å²) >= 11 is 7.41. The van der Waals surface area contributed by atoms with Crippen molar-refractivity contribution in [2.24, 2.45) is 0 Å². The molecule has 1 aromatic heterocycles. The second kappa shape index (κ2) is 7.46. The number of rotatable bonds is 3. The van der Waals surface area contributed by atoms with Gasteiger partial charge in [-0.2, -0.15) is 0 Å². The van der Waals surface area contributed by atoms with Crippen LogP contribution in [0.2, 0.25) is 5.02 Å². The Kier molecular flexibility index (Phi) is 5.12. The highest BCUT2D eigenvalue weighted by atomic mass is 35.5. The molecule has 2 heterocycles. The molecule has 3 aromatic rings. The summed E-state index contributed by atoms with van der Waals surface area (Å²) in [7, 11) is 0. The molecule has 5 nitrogen and oxygen atoms in total. The average Bonchev–Trinajstić information content (AvgIpc) is 3.11. The maximum Gasteiger partial charge on any atom is 0.210 e. The zero-order chi connectivity index (χ0) is 20.8. The van der Waals surface area contributed by atoms with Crippen LogP contribution in [0.4, 0.5) is 4.39 Å². The molecule has 0 unspecified atom stereocenters. The van der Waals surface area contributed by atoms with E-state index in [-0.39, 0.29) is 23.1 Å². The van der Waals surface area contributed by atoms with Crippen LogP contribution >= 0.6 is 23.4 Å². The quantitative estimate of drug-likeness (QED) is 0.592. The molecule has 0 spiro atoms. The Bertz CT molecular complexity index is 1040. The Morgan fingerprint density at radius 3 is 2.38 bits per heavy atom. The molecule has 0 amide bonds. The molecule has 0 saturated heterocycles. The Morgan fingerprint density at radius 1 is 1.10 bits per heavy atom. The van der Waals surface area contributed by atoms with Crippen LogP contribution < -0.4 is 5.43 Å². The molecular formula is C21H20ClFN4OS. The second-order valence-electron chi connectivity index (χ2n) is 7.96. The minimum Gasteiger partial charge on any atom is -0.313 e. The minimum absolute atomic E-state index is 0.103. The van der Waals surface area contributed by atoms with Crippen LogP contribution in [0.25, 0.3) is 0 Å². The fraction of sp³-hybridized carbons (Fsp3) is 0.286. The Morgan fingerprint density at radius 2 is 1.76 bits per heavy atom. The SMILES string of the molecule is CC(C)(C)c1nnc2n1N[C@@H](c1ccc(Cl)cc1)[C@H](C(=O)c1ccc(F)cc1)S2. The van der Waals surface area contributed by atoms with E-state index >= 15 is 0 Å². The number of hydrogen-bond donors (Lipinski definition) is 1. The van der Waals surface area contributed by atoms with Gasteiger partial charge < -0.3 is 5.43 Å². The number of benzene rings is 2. The Labute approximate surface area is 177 Å². The molecule has 0 bridgehead atoms. The van der Waals surface area contributed by atoms with E-state index in [2.05, 4.69) is 36.4 Å². The lowest BCUT2D eigenvalue weighted by Crippen LogP contribution is -2.40. The minimum atomic E-state index is -0.494. The van der Waals surface area contributed by atoms with Gasteiger partial charge in [0.1, 0.15) is 11.1 Å². The molecule has 150 valence electrons. The van der Waals surface area contributed by atoms with Crippen LogP contribution in [0, 0.1) is 5.82 Å². The number of halogens is 2. The van der Waals surface area contributed by atoms with Crippen LogP contribution in [0.3, 0.4) is 0 Å². The topological polar surface area (TPSA) is 59.8 Å². The summed E-state index contributed by atoms with van der Waals surface area (Å²) in [4.78, 5) is 13.3. The van der Waals surface area contributed by atoms with Crippen molar-refractivity contribution in [3.05, 3.63) is 76.3 Å². The zero-order valence-corrected chi connectivity index (χ0v) is 17.8. The van der Waals surface area contributed by atoms with Crippen molar-refractivity contribution in [2.75, 3.05) is 5.43 Å². The summed E-state index contributed by atoms with van der Waals surface area (Å²) in [5.74, 6) is 0.306. The van der Waals surface area contributed by atoms with Gasteiger partial charge in [-0.3, -0.25) is 4.79 Å². The molecule has 29 heavy (non-hydrogen) atoms. The lowest BCUT2D eigenvalue weighted by molar-refractivity contribution is 0.0980. The molecule has 2 aromatic carbocycles. The molecule has 1 N–H and O–H groups in total. The Hall–Kier alpha value is -2.38. The lowest BCUT2D eigenvalue weighted by Gasteiger charge is -2.34. The zero-order valence-electron chi connectivity index (χ0n) is 16.2. The number of Topliss-reactive ketones (excluding diaryl/α,β-unsaturated/α-hetero) is 1. The van der Waals surface area contributed by atoms with Crippen molar-refractivity contribution >= 4 is 29.1 Å². The number of nitrogens with zero attached hydrogens (tertiary/aromatic N) is 3. The number of aromatic nitrogens is 3. The van der Waals surface area contributed by atoms with Gasteiger partial charge in [0.2, 0.25) is 5.16 Å². The number of hydrogen-bond acceptors (Lipinski definition) is 5. The fourth-order valence-electron chi connectivity index (χ4n) is 3.24. The normalized spacial score (nSPS) is 18.8. The standard InChI is InChI=1S/C21H20ClFN4OS/c1-21(2,3)19-24-25-20-27(19)26-16(12-4-8-14(22)9-5-12)18(29-20)17(28)13-6-10-15(23)11-7-13/h4-11,16,18,26H,1-3H3/t16-,18+/m0/s1. The molecule has 0 aliphatic carbocycles. The van der Waals surface area contributed by atoms with E-state index in [0.29, 0.717) is 15.7 Å². The summed E-state index contributed by atoms with van der Waals surface area (Å²) in [6.45, 7) is 6.18. The van der Waals surface area contributed by atoms with E-state index in [1.807, 2.05) is 16.8 Å². The third kappa shape index (κ3) is 3.89. The van der Waals surface area contributed by atoms with Gasteiger partial charge in [-0.05, 0) is 42.0 Å². The molecule has 0 fully saturated rings. The van der Waals surface area contributed by atoms with E-state index in [4.69, 9.17) is 11.6 Å². The first-order valence-electron chi connectivity index (χ1n) is 9.18. The Balaban J connectivity index is 1.77. The van der Waals surface area contributed by atoms with Crippen LogP contribution in [-0.4, -0.2) is 25.9 Å². The van der Waals surface area contributed by atoms with Gasteiger partial charge in [0.25, 0.3) is 0 Å². The van der Waals surface area contributed by atoms with Gasteiger partial charge in [-0.25, -0.2) is 9.07 Å². The van der Waals surface area contributed by atoms with E-state index in [1.54, 1.807) is 12.1 Å². The van der Waals surface area contributed by atoms with Gasteiger partial charge in [0.05, 0.1) is 6.04 Å². The number of nitrogens with one attached hydrogen (secondary N) is 1. The number of ketones is 1. The molecular weight excluding hydrogens is 411 g/mol. The van der Waals surface area contributed by atoms with Crippen molar-refractivity contribution in [3.63, 3.8) is 0 Å². The third-order valence-electron chi connectivity index (χ3n) is 4.72. The van der Waals surface area contributed by atoms with E-state index in [0.717, 1.165) is 11.4 Å². The van der Waals surface area contributed by atoms with Gasteiger partial charge in [-0.1, -0.05) is 56.3 Å². The van der Waals surface area contributed by atoms with Crippen molar-refractivity contribution < 1.29 is 9.18 Å². The van der Waals surface area contributed by atoms with Crippen molar-refractivity contribution in [1.82, 2.24) is 14.9 Å². The van der Waals surface area contributed by atoms with Crippen molar-refractivity contribution in [3.8, 4) is 0 Å². The van der Waals surface area contributed by atoms with Crippen LogP contribution in [0.15, 0.2) is 53.7 Å². The molecule has 8 heteroatoms. The van der Waals surface area contributed by atoms with E-state index < -0.39 is 5.25 Å². The maximum absolute atomic E-state index is 13.3. The summed E-state index contributed by atoms with van der Waals surface area (Å²) in [6.07, 6.45) is 0. The van der Waals surface area contributed by atoms with E-state index in [1.165, 1.54) is 36.0 Å². The molecule has 0 radical (unpaired) electrons. The van der Waals surface area contributed by atoms with Gasteiger partial charge in [0, 0.05) is 16.0 Å². The van der Waals surface area contributed by atoms with Crippen LogP contribution in [0.5, 0.6) is 0 Å². The summed E-state index contributed by atoms with van der Waals surface area (Å²) in [5.41, 5.74) is 4.58. The second-order valence-corrected chi connectivity index (χ2v) is 9.50. The number of fused-ring (bicyclic) bond motifs is 1. The molecule has 1 aliphatic heterocycles. The third-order valence-corrected chi connectivity index (χ3v) is 6.19. The van der Waals surface area contributed by atoms with Crippen LogP contribution in [0.1, 0.15) is 48.6 Å². The smallest absolute Gasteiger partial charge is 0.210 e. The largest absolute Gasteiger partial charge is 0.313 e. The van der Waals surface area contributed by atoms with Crippen molar-refractivity contribution in [1.29, 1.82) is 0 Å². The molecule has 1 aliphatic rings. The molecule has 4 rings (SSSR count). The predicted octanol–water partition coefficient (Wildman–Crippen LogP) is 5.01. The molecule has 2 atom stereocenters. The number of carbonyl (C=O) groups is 1. The van der Waals surface area contributed by atoms with Gasteiger partial charge in [0.15, 0.2) is 11.6 Å². The first kappa shape index (κ1) is 19.9. The maximum atomic E-state index is 13.3.